The van der Waals surface area contributed by atoms with Crippen LogP contribution in [-0.2, 0) is 12.8 Å². The summed E-state index contributed by atoms with van der Waals surface area (Å²) in [6.45, 7) is 0. The molecule has 0 radical (unpaired) electrons. The molecule has 31 heavy (non-hydrogen) atoms. The predicted molar refractivity (Wildman–Crippen MR) is 122 cm³/mol. The van der Waals surface area contributed by atoms with Crippen LogP contribution >= 0.6 is 0 Å². The van der Waals surface area contributed by atoms with Crippen molar-refractivity contribution < 1.29 is 0 Å². The maximum Gasteiger partial charge on any atom is 0.147 e. The third-order valence-electron chi connectivity index (χ3n) is 6.93. The summed E-state index contributed by atoms with van der Waals surface area (Å²) in [5, 5.41) is 3.34. The molecule has 0 amide bonds. The Morgan fingerprint density at radius 2 is 1.55 bits per heavy atom. The number of rotatable bonds is 0. The van der Waals surface area contributed by atoms with Crippen LogP contribution in [0.25, 0.3) is 49.8 Å². The predicted octanol–water partition coefficient (Wildman–Crippen LogP) is 5.57. The zero-order valence-corrected chi connectivity index (χ0v) is 16.6. The zero-order chi connectivity index (χ0) is 20.1. The van der Waals surface area contributed by atoms with Crippen LogP contribution in [0.2, 0.25) is 0 Å². The van der Waals surface area contributed by atoms with E-state index in [2.05, 4.69) is 57.9 Å². The number of nitrogens with zero attached hydrogens (tertiary/aromatic N) is 4. The molecule has 144 valence electrons. The molecule has 0 saturated heterocycles. The summed E-state index contributed by atoms with van der Waals surface area (Å²) in [6.07, 6.45) is 7.51. The van der Waals surface area contributed by atoms with Crippen LogP contribution in [0.15, 0.2) is 73.2 Å². The van der Waals surface area contributed by atoms with Crippen molar-refractivity contribution in [3.63, 3.8) is 0 Å². The summed E-state index contributed by atoms with van der Waals surface area (Å²) in [5.41, 5.74) is 12.5. The second-order valence-corrected chi connectivity index (χ2v) is 8.54. The van der Waals surface area contributed by atoms with Crippen molar-refractivity contribution in [1.82, 2.24) is 19.4 Å². The van der Waals surface area contributed by atoms with Gasteiger partial charge in [-0.2, -0.15) is 0 Å². The molecular weight excluding hydrogens is 380 g/mol. The number of fused-ring (bicyclic) bond motifs is 13. The lowest BCUT2D eigenvalue weighted by molar-refractivity contribution is 1.16. The van der Waals surface area contributed by atoms with Gasteiger partial charge in [-0.15, -0.1) is 0 Å². The third kappa shape index (κ3) is 1.88. The number of imidazole rings is 1. The Morgan fingerprint density at radius 3 is 2.55 bits per heavy atom. The largest absolute Gasteiger partial charge is 0.275 e. The molecule has 0 spiro atoms. The van der Waals surface area contributed by atoms with Gasteiger partial charge in [0.1, 0.15) is 11.3 Å². The van der Waals surface area contributed by atoms with E-state index in [0.29, 0.717) is 0 Å². The molecule has 6 aromatic rings. The first kappa shape index (κ1) is 15.7. The van der Waals surface area contributed by atoms with E-state index in [1.165, 1.54) is 39.1 Å². The molecule has 4 heterocycles. The minimum absolute atomic E-state index is 0.864. The fraction of sp³-hybridized carbons (Fsp3) is 0.0741. The van der Waals surface area contributed by atoms with Crippen LogP contribution in [0.4, 0.5) is 0 Å². The Morgan fingerprint density at radius 1 is 0.677 bits per heavy atom. The van der Waals surface area contributed by atoms with Gasteiger partial charge in [0, 0.05) is 46.7 Å². The summed E-state index contributed by atoms with van der Waals surface area (Å²) in [5.74, 6) is 0. The minimum Gasteiger partial charge on any atom is -0.275 e. The zero-order valence-electron chi connectivity index (χ0n) is 16.6. The number of aromatic nitrogens is 4. The summed E-state index contributed by atoms with van der Waals surface area (Å²) in [4.78, 5) is 14.3. The van der Waals surface area contributed by atoms with E-state index in [4.69, 9.17) is 9.97 Å². The lowest BCUT2D eigenvalue weighted by Crippen LogP contribution is -1.97. The molecule has 0 fully saturated rings. The molecular formula is C27H16N4. The third-order valence-corrected chi connectivity index (χ3v) is 6.93. The minimum atomic E-state index is 0.864. The van der Waals surface area contributed by atoms with Crippen molar-refractivity contribution in [3.8, 4) is 22.4 Å². The van der Waals surface area contributed by atoms with Crippen LogP contribution in [-0.4, -0.2) is 19.4 Å². The van der Waals surface area contributed by atoms with E-state index in [-0.39, 0.29) is 0 Å². The van der Waals surface area contributed by atoms with E-state index in [9.17, 15) is 0 Å². The molecule has 4 aromatic heterocycles. The average Bonchev–Trinajstić information content (AvgIpc) is 3.47. The summed E-state index contributed by atoms with van der Waals surface area (Å²) in [7, 11) is 0. The lowest BCUT2D eigenvalue weighted by atomic mass is 9.99. The van der Waals surface area contributed by atoms with Crippen molar-refractivity contribution in [1.29, 1.82) is 0 Å². The van der Waals surface area contributed by atoms with Gasteiger partial charge >= 0.3 is 0 Å². The Labute approximate surface area is 177 Å². The Bertz CT molecular complexity index is 1740. The lowest BCUT2D eigenvalue weighted by Gasteiger charge is -2.11. The van der Waals surface area contributed by atoms with Gasteiger partial charge in [0.2, 0.25) is 0 Å². The maximum atomic E-state index is 5.13. The molecule has 2 aliphatic carbocycles. The molecule has 0 unspecified atom stereocenters. The van der Waals surface area contributed by atoms with Crippen LogP contribution in [0.1, 0.15) is 22.4 Å². The molecule has 0 N–H and O–H groups in total. The Hall–Kier alpha value is -4.05. The van der Waals surface area contributed by atoms with E-state index in [1.54, 1.807) is 0 Å². The molecule has 8 rings (SSSR count). The highest BCUT2D eigenvalue weighted by atomic mass is 15.1. The fourth-order valence-electron chi connectivity index (χ4n) is 5.62. The van der Waals surface area contributed by atoms with Crippen molar-refractivity contribution in [2.45, 2.75) is 12.8 Å². The van der Waals surface area contributed by atoms with Gasteiger partial charge in [-0.05, 0) is 64.6 Å². The van der Waals surface area contributed by atoms with Gasteiger partial charge in [0.25, 0.3) is 0 Å². The van der Waals surface area contributed by atoms with Crippen molar-refractivity contribution in [3.05, 3.63) is 95.6 Å². The molecule has 0 aliphatic heterocycles. The van der Waals surface area contributed by atoms with E-state index in [1.807, 2.05) is 24.7 Å². The van der Waals surface area contributed by atoms with Crippen LogP contribution < -0.4 is 0 Å². The highest BCUT2D eigenvalue weighted by Crippen LogP contribution is 2.46. The molecule has 0 saturated carbocycles. The highest BCUT2D eigenvalue weighted by Gasteiger charge is 2.30. The normalized spacial score (nSPS) is 13.5. The number of benzene rings is 2. The number of hydrogen-bond donors (Lipinski definition) is 0. The standard InChI is InChI=1S/C27H16N4/c1-2-5-18-15(4-1)10-16-12-22-17(11-21(16)18)13-24-25(22)31-26-19(6-3-8-29-26)23-14-28-9-7-20(23)27(31)30-24/h1-9,11-12,14H,10,13H2. The van der Waals surface area contributed by atoms with Crippen molar-refractivity contribution >= 4 is 27.5 Å². The van der Waals surface area contributed by atoms with Crippen molar-refractivity contribution in [2.75, 3.05) is 0 Å². The SMILES string of the molecule is c1ccc2c(c1)Cc1cc3c(cc1-2)Cc1nc2c4ccncc4c4cccnc4n2c1-3. The second-order valence-electron chi connectivity index (χ2n) is 8.54. The molecule has 4 nitrogen and oxygen atoms in total. The fourth-order valence-corrected chi connectivity index (χ4v) is 5.62. The first-order chi connectivity index (χ1) is 15.4. The first-order valence-electron chi connectivity index (χ1n) is 10.6. The summed E-state index contributed by atoms with van der Waals surface area (Å²) in [6, 6.07) is 19.8. The Balaban J connectivity index is 1.49. The van der Waals surface area contributed by atoms with Gasteiger partial charge in [-0.25, -0.2) is 9.97 Å². The number of hydrogen-bond acceptors (Lipinski definition) is 3. The molecule has 2 aromatic carbocycles. The molecule has 0 atom stereocenters. The first-order valence-corrected chi connectivity index (χ1v) is 10.6. The average molecular weight is 396 g/mol. The van der Waals surface area contributed by atoms with Gasteiger partial charge in [0.05, 0.1) is 11.4 Å². The summed E-state index contributed by atoms with van der Waals surface area (Å²) >= 11 is 0. The topological polar surface area (TPSA) is 43.1 Å². The van der Waals surface area contributed by atoms with Gasteiger partial charge in [0.15, 0.2) is 0 Å². The van der Waals surface area contributed by atoms with E-state index >= 15 is 0 Å². The van der Waals surface area contributed by atoms with Crippen molar-refractivity contribution in [2.24, 2.45) is 0 Å². The van der Waals surface area contributed by atoms with Crippen LogP contribution in [0.5, 0.6) is 0 Å². The smallest absolute Gasteiger partial charge is 0.147 e. The summed E-state index contributed by atoms with van der Waals surface area (Å²) < 4.78 is 2.27. The van der Waals surface area contributed by atoms with Crippen LogP contribution in [0, 0.1) is 0 Å². The Kier molecular flexibility index (Phi) is 2.72. The molecule has 0 bridgehead atoms. The van der Waals surface area contributed by atoms with Gasteiger partial charge in [-0.1, -0.05) is 24.3 Å². The van der Waals surface area contributed by atoms with Crippen LogP contribution in [0.3, 0.4) is 0 Å². The highest BCUT2D eigenvalue weighted by molar-refractivity contribution is 6.11. The monoisotopic (exact) mass is 396 g/mol. The second kappa shape index (κ2) is 5.35. The van der Waals surface area contributed by atoms with E-state index in [0.717, 1.165) is 46.0 Å². The molecule has 2 aliphatic rings. The van der Waals surface area contributed by atoms with Gasteiger partial charge in [-0.3, -0.25) is 9.38 Å². The maximum absolute atomic E-state index is 5.13. The molecule has 4 heteroatoms. The van der Waals surface area contributed by atoms with Gasteiger partial charge < -0.3 is 0 Å². The van der Waals surface area contributed by atoms with E-state index < -0.39 is 0 Å². The quantitative estimate of drug-likeness (QED) is 0.315. The number of pyridine rings is 3.